The van der Waals surface area contributed by atoms with Crippen molar-refractivity contribution in [1.29, 1.82) is 0 Å². The van der Waals surface area contributed by atoms with E-state index in [0.717, 1.165) is 12.8 Å². The van der Waals surface area contributed by atoms with Crippen molar-refractivity contribution in [3.05, 3.63) is 59.1 Å². The summed E-state index contributed by atoms with van der Waals surface area (Å²) in [6.07, 6.45) is 2.03. The van der Waals surface area contributed by atoms with Crippen LogP contribution in [0, 0.1) is 0 Å². The standard InChI is InChI=1S/C19H21ClN2O4S/c20-15-6-10-17(11-7-15)27(25,26)22(13-14-4-8-16(23)9-5-14)18-3-1-2-12-21-19(18)24/h4-11,18,23H,1-3,12-13H2,(H,21,24)/t18-/m1/s1. The van der Waals surface area contributed by atoms with Gasteiger partial charge in [0.2, 0.25) is 15.9 Å². The quantitative estimate of drug-likeness (QED) is 0.796. The molecule has 8 heteroatoms. The number of carbonyl (C=O) groups is 1. The maximum Gasteiger partial charge on any atom is 0.244 e. The highest BCUT2D eigenvalue weighted by molar-refractivity contribution is 7.89. The first-order valence-corrected chi connectivity index (χ1v) is 10.5. The molecule has 1 fully saturated rings. The molecule has 0 aromatic heterocycles. The first-order chi connectivity index (χ1) is 12.9. The monoisotopic (exact) mass is 408 g/mol. The van der Waals surface area contributed by atoms with Crippen LogP contribution in [0.1, 0.15) is 24.8 Å². The number of amides is 1. The molecule has 3 rings (SSSR count). The SMILES string of the molecule is O=C1NCCCC[C@H]1N(Cc1ccc(O)cc1)S(=O)(=O)c1ccc(Cl)cc1. The largest absolute Gasteiger partial charge is 0.508 e. The second-order valence-electron chi connectivity index (χ2n) is 6.47. The van der Waals surface area contributed by atoms with Crippen molar-refractivity contribution in [1.82, 2.24) is 9.62 Å². The normalized spacial score (nSPS) is 18.1. The Hall–Kier alpha value is -2.09. The van der Waals surface area contributed by atoms with Crippen LogP contribution < -0.4 is 5.32 Å². The van der Waals surface area contributed by atoms with Crippen molar-refractivity contribution in [2.24, 2.45) is 0 Å². The number of nitrogens with zero attached hydrogens (tertiary/aromatic N) is 1. The fraction of sp³-hybridized carbons (Fsp3) is 0.316. The fourth-order valence-corrected chi connectivity index (χ4v) is 4.82. The minimum atomic E-state index is -3.92. The Balaban J connectivity index is 2.01. The molecule has 0 bridgehead atoms. The van der Waals surface area contributed by atoms with Crippen LogP contribution in [0.25, 0.3) is 0 Å². The van der Waals surface area contributed by atoms with Gasteiger partial charge in [0, 0.05) is 18.1 Å². The molecule has 1 atom stereocenters. The molecule has 1 saturated heterocycles. The zero-order valence-electron chi connectivity index (χ0n) is 14.6. The molecule has 6 nitrogen and oxygen atoms in total. The Morgan fingerprint density at radius 1 is 1.07 bits per heavy atom. The van der Waals surface area contributed by atoms with Crippen LogP contribution in [0.2, 0.25) is 5.02 Å². The van der Waals surface area contributed by atoms with Gasteiger partial charge in [-0.3, -0.25) is 4.79 Å². The Labute approximate surface area is 163 Å². The topological polar surface area (TPSA) is 86.7 Å². The summed E-state index contributed by atoms with van der Waals surface area (Å²) < 4.78 is 27.9. The molecule has 1 aliphatic rings. The highest BCUT2D eigenvalue weighted by atomic mass is 35.5. The number of phenols is 1. The van der Waals surface area contributed by atoms with E-state index < -0.39 is 16.1 Å². The van der Waals surface area contributed by atoms with Crippen LogP contribution in [-0.2, 0) is 21.4 Å². The Morgan fingerprint density at radius 3 is 2.41 bits per heavy atom. The summed E-state index contributed by atoms with van der Waals surface area (Å²) in [6.45, 7) is 0.576. The lowest BCUT2D eigenvalue weighted by Crippen LogP contribution is -2.48. The maximum atomic E-state index is 13.3. The minimum absolute atomic E-state index is 0.0311. The van der Waals surface area contributed by atoms with Gasteiger partial charge >= 0.3 is 0 Å². The second-order valence-corrected chi connectivity index (χ2v) is 8.80. The van der Waals surface area contributed by atoms with E-state index in [0.29, 0.717) is 23.6 Å². The summed E-state index contributed by atoms with van der Waals surface area (Å²) in [7, 11) is -3.92. The molecule has 144 valence electrons. The van der Waals surface area contributed by atoms with E-state index in [1.54, 1.807) is 12.1 Å². The number of hydrogen-bond acceptors (Lipinski definition) is 4. The van der Waals surface area contributed by atoms with Crippen molar-refractivity contribution in [3.8, 4) is 5.75 Å². The number of benzene rings is 2. The summed E-state index contributed by atoms with van der Waals surface area (Å²) >= 11 is 5.88. The number of sulfonamides is 1. The van der Waals surface area contributed by atoms with E-state index in [4.69, 9.17) is 11.6 Å². The molecule has 0 aliphatic carbocycles. The van der Waals surface area contributed by atoms with Crippen LogP contribution in [0.4, 0.5) is 0 Å². The molecule has 27 heavy (non-hydrogen) atoms. The summed E-state index contributed by atoms with van der Waals surface area (Å²) in [5.74, 6) is -0.193. The van der Waals surface area contributed by atoms with E-state index in [9.17, 15) is 18.3 Å². The average molecular weight is 409 g/mol. The van der Waals surface area contributed by atoms with E-state index in [1.165, 1.54) is 40.7 Å². The minimum Gasteiger partial charge on any atom is -0.508 e. The number of carbonyl (C=O) groups excluding carboxylic acids is 1. The maximum absolute atomic E-state index is 13.3. The Bertz CT molecular complexity index is 898. The van der Waals surface area contributed by atoms with Gasteiger partial charge in [-0.25, -0.2) is 8.42 Å². The van der Waals surface area contributed by atoms with Crippen molar-refractivity contribution in [2.75, 3.05) is 6.54 Å². The Kier molecular flexibility index (Phi) is 6.04. The second kappa shape index (κ2) is 8.29. The van der Waals surface area contributed by atoms with E-state index >= 15 is 0 Å². The van der Waals surface area contributed by atoms with Crippen LogP contribution in [0.15, 0.2) is 53.4 Å². The molecule has 0 spiro atoms. The smallest absolute Gasteiger partial charge is 0.244 e. The average Bonchev–Trinajstić information content (AvgIpc) is 2.86. The van der Waals surface area contributed by atoms with Crippen molar-refractivity contribution in [3.63, 3.8) is 0 Å². The van der Waals surface area contributed by atoms with Gasteiger partial charge in [-0.1, -0.05) is 23.7 Å². The molecule has 0 unspecified atom stereocenters. The molecule has 1 aliphatic heterocycles. The number of hydrogen-bond donors (Lipinski definition) is 2. The number of halogens is 1. The number of aromatic hydroxyl groups is 1. The third-order valence-electron chi connectivity index (χ3n) is 4.55. The highest BCUT2D eigenvalue weighted by Gasteiger charge is 2.36. The van der Waals surface area contributed by atoms with Crippen molar-refractivity contribution >= 4 is 27.5 Å². The van der Waals surface area contributed by atoms with Crippen molar-refractivity contribution < 1.29 is 18.3 Å². The zero-order chi connectivity index (χ0) is 19.4. The van der Waals surface area contributed by atoms with Gasteiger partial charge in [-0.05, 0) is 61.2 Å². The van der Waals surface area contributed by atoms with E-state index in [2.05, 4.69) is 5.32 Å². The molecule has 1 heterocycles. The predicted molar refractivity (Wildman–Crippen MR) is 103 cm³/mol. The third kappa shape index (κ3) is 4.61. The zero-order valence-corrected chi connectivity index (χ0v) is 16.2. The van der Waals surface area contributed by atoms with Crippen molar-refractivity contribution in [2.45, 2.75) is 36.7 Å². The summed E-state index contributed by atoms with van der Waals surface area (Å²) in [5.41, 5.74) is 0.683. The fourth-order valence-electron chi connectivity index (χ4n) is 3.08. The number of rotatable bonds is 5. The van der Waals surface area contributed by atoms with Gasteiger partial charge < -0.3 is 10.4 Å². The van der Waals surface area contributed by atoms with Crippen LogP contribution in [0.3, 0.4) is 0 Å². The van der Waals surface area contributed by atoms with E-state index in [-0.39, 0.29) is 23.1 Å². The molecule has 2 aromatic rings. The lowest BCUT2D eigenvalue weighted by Gasteiger charge is -2.29. The lowest BCUT2D eigenvalue weighted by molar-refractivity contribution is -0.124. The van der Waals surface area contributed by atoms with Gasteiger partial charge in [-0.2, -0.15) is 4.31 Å². The first-order valence-electron chi connectivity index (χ1n) is 8.71. The summed E-state index contributed by atoms with van der Waals surface area (Å²) in [6, 6.07) is 11.4. The summed E-state index contributed by atoms with van der Waals surface area (Å²) in [5, 5.41) is 12.7. The highest BCUT2D eigenvalue weighted by Crippen LogP contribution is 2.26. The first kappa shape index (κ1) is 19.7. The molecule has 0 saturated carbocycles. The van der Waals surface area contributed by atoms with Crippen LogP contribution >= 0.6 is 11.6 Å². The molecular formula is C19H21ClN2O4S. The van der Waals surface area contributed by atoms with Gasteiger partial charge in [0.1, 0.15) is 11.8 Å². The van der Waals surface area contributed by atoms with E-state index in [1.807, 2.05) is 0 Å². The van der Waals surface area contributed by atoms with Gasteiger partial charge in [-0.15, -0.1) is 0 Å². The molecule has 0 radical (unpaired) electrons. The predicted octanol–water partition coefficient (Wildman–Crippen LogP) is 2.91. The van der Waals surface area contributed by atoms with Gasteiger partial charge in [0.25, 0.3) is 0 Å². The third-order valence-corrected chi connectivity index (χ3v) is 6.67. The van der Waals surface area contributed by atoms with Gasteiger partial charge in [0.15, 0.2) is 0 Å². The number of phenolic OH excluding ortho intramolecular Hbond substituents is 1. The molecule has 2 N–H and O–H groups in total. The Morgan fingerprint density at radius 2 is 1.74 bits per heavy atom. The number of nitrogens with one attached hydrogen (secondary N) is 1. The van der Waals surface area contributed by atoms with Crippen LogP contribution in [-0.4, -0.2) is 36.3 Å². The summed E-state index contributed by atoms with van der Waals surface area (Å²) in [4.78, 5) is 12.6. The van der Waals surface area contributed by atoms with Crippen LogP contribution in [0.5, 0.6) is 5.75 Å². The van der Waals surface area contributed by atoms with Gasteiger partial charge in [0.05, 0.1) is 4.90 Å². The molecular weight excluding hydrogens is 388 g/mol. The molecule has 2 aromatic carbocycles. The molecule has 1 amide bonds. The lowest BCUT2D eigenvalue weighted by atomic mass is 10.1.